The van der Waals surface area contributed by atoms with E-state index in [4.69, 9.17) is 4.74 Å². The number of nitrogens with one attached hydrogen (secondary N) is 1. The number of pyridine rings is 1. The lowest BCUT2D eigenvalue weighted by Crippen LogP contribution is -2.34. The number of ether oxygens (including phenoxy) is 1. The van der Waals surface area contributed by atoms with Gasteiger partial charge in [-0.3, -0.25) is 9.59 Å². The van der Waals surface area contributed by atoms with E-state index in [1.807, 2.05) is 51.6 Å². The number of amides is 1. The monoisotopic (exact) mass is 437 g/mol. The van der Waals surface area contributed by atoms with Crippen LogP contribution in [0.4, 0.5) is 5.69 Å². The maximum Gasteiger partial charge on any atom is 0.263 e. The van der Waals surface area contributed by atoms with Crippen LogP contribution in [-0.2, 0) is 17.8 Å². The Bertz CT molecular complexity index is 1190. The Morgan fingerprint density at radius 2 is 2.09 bits per heavy atom. The molecule has 32 heavy (non-hydrogen) atoms. The summed E-state index contributed by atoms with van der Waals surface area (Å²) in [6.07, 6.45) is 3.77. The summed E-state index contributed by atoms with van der Waals surface area (Å²) in [6, 6.07) is 7.53. The molecular formula is C24H31N5O3. The van der Waals surface area contributed by atoms with Crippen molar-refractivity contribution in [1.82, 2.24) is 19.0 Å². The number of hydrogen-bond donors (Lipinski definition) is 1. The minimum Gasteiger partial charge on any atom is -0.376 e. The van der Waals surface area contributed by atoms with Crippen molar-refractivity contribution in [3.63, 3.8) is 0 Å². The Hall–Kier alpha value is -2.97. The number of benzene rings is 1. The van der Waals surface area contributed by atoms with Gasteiger partial charge in [0.1, 0.15) is 5.56 Å². The number of aromatic nitrogens is 3. The molecule has 1 atom stereocenters. The molecule has 8 nitrogen and oxygen atoms in total. The van der Waals surface area contributed by atoms with E-state index >= 15 is 0 Å². The van der Waals surface area contributed by atoms with Gasteiger partial charge in [0.05, 0.1) is 30.0 Å². The van der Waals surface area contributed by atoms with Gasteiger partial charge in [-0.2, -0.15) is 0 Å². The van der Waals surface area contributed by atoms with E-state index in [2.05, 4.69) is 19.8 Å². The third-order valence-corrected chi connectivity index (χ3v) is 6.01. The Morgan fingerprint density at radius 3 is 2.81 bits per heavy atom. The molecule has 1 unspecified atom stereocenters. The second kappa shape index (κ2) is 9.26. The minimum atomic E-state index is -0.403. The second-order valence-corrected chi connectivity index (χ2v) is 8.79. The molecule has 170 valence electrons. The van der Waals surface area contributed by atoms with Gasteiger partial charge < -0.3 is 24.1 Å². The highest BCUT2D eigenvalue weighted by Gasteiger charge is 2.22. The van der Waals surface area contributed by atoms with E-state index in [0.29, 0.717) is 17.8 Å². The van der Waals surface area contributed by atoms with Gasteiger partial charge in [0.2, 0.25) is 0 Å². The number of carbonyl (C=O) groups excluding carboxylic acids is 1. The molecule has 1 amide bonds. The molecule has 1 fully saturated rings. The standard InChI is InChI=1S/C24H31N5O3/c1-16-12-17(2)29(14-19-6-5-11-32-19)24(31)22(16)23(30)26-18-7-8-21-20(13-18)25-15-28(21)10-9-27(3)4/h7-8,12-13,15,19H,5-6,9-11,14H2,1-4H3,(H,26,30). The summed E-state index contributed by atoms with van der Waals surface area (Å²) in [5, 5.41) is 2.89. The Morgan fingerprint density at radius 1 is 1.28 bits per heavy atom. The molecule has 1 aliphatic rings. The van der Waals surface area contributed by atoms with Crippen LogP contribution in [-0.4, -0.2) is 58.3 Å². The molecule has 2 aromatic heterocycles. The number of nitrogens with zero attached hydrogens (tertiary/aromatic N) is 4. The number of fused-ring (bicyclic) bond motifs is 1. The van der Waals surface area contributed by atoms with Crippen LogP contribution in [0, 0.1) is 13.8 Å². The fourth-order valence-corrected chi connectivity index (χ4v) is 4.24. The quantitative estimate of drug-likeness (QED) is 0.615. The molecule has 1 aliphatic heterocycles. The fourth-order valence-electron chi connectivity index (χ4n) is 4.24. The molecule has 1 aromatic carbocycles. The minimum absolute atomic E-state index is 0.0232. The molecule has 3 aromatic rings. The zero-order chi connectivity index (χ0) is 22.8. The zero-order valence-electron chi connectivity index (χ0n) is 19.2. The van der Waals surface area contributed by atoms with Gasteiger partial charge >= 0.3 is 0 Å². The van der Waals surface area contributed by atoms with Gasteiger partial charge in [-0.25, -0.2) is 4.98 Å². The highest BCUT2D eigenvalue weighted by Crippen LogP contribution is 2.20. The van der Waals surface area contributed by atoms with Crippen LogP contribution in [0.5, 0.6) is 0 Å². The predicted molar refractivity (Wildman–Crippen MR) is 125 cm³/mol. The second-order valence-electron chi connectivity index (χ2n) is 8.79. The molecule has 0 radical (unpaired) electrons. The van der Waals surface area contributed by atoms with E-state index in [1.54, 1.807) is 11.5 Å². The lowest BCUT2D eigenvalue weighted by Gasteiger charge is -2.17. The molecule has 0 aliphatic carbocycles. The van der Waals surface area contributed by atoms with Gasteiger partial charge in [0.15, 0.2) is 0 Å². The number of rotatable bonds is 7. The van der Waals surface area contributed by atoms with Crippen molar-refractivity contribution in [3.05, 3.63) is 57.8 Å². The van der Waals surface area contributed by atoms with E-state index < -0.39 is 5.91 Å². The molecular weight excluding hydrogens is 406 g/mol. The average Bonchev–Trinajstić information content (AvgIpc) is 3.39. The molecule has 8 heteroatoms. The number of anilines is 1. The van der Waals surface area contributed by atoms with Crippen LogP contribution in [0.1, 0.15) is 34.5 Å². The average molecular weight is 438 g/mol. The van der Waals surface area contributed by atoms with Crippen molar-refractivity contribution in [3.8, 4) is 0 Å². The highest BCUT2D eigenvalue weighted by atomic mass is 16.5. The van der Waals surface area contributed by atoms with Crippen LogP contribution >= 0.6 is 0 Å². The molecule has 3 heterocycles. The summed E-state index contributed by atoms with van der Waals surface area (Å²) in [7, 11) is 4.07. The normalized spacial score (nSPS) is 16.2. The van der Waals surface area contributed by atoms with E-state index in [0.717, 1.165) is 49.3 Å². The van der Waals surface area contributed by atoms with Crippen LogP contribution in [0.15, 0.2) is 35.4 Å². The lowest BCUT2D eigenvalue weighted by atomic mass is 10.1. The maximum atomic E-state index is 13.2. The Balaban J connectivity index is 1.57. The molecule has 0 saturated carbocycles. The summed E-state index contributed by atoms with van der Waals surface area (Å²) in [5.41, 5.74) is 3.83. The summed E-state index contributed by atoms with van der Waals surface area (Å²) in [4.78, 5) is 32.9. The zero-order valence-corrected chi connectivity index (χ0v) is 19.2. The Labute approximate surface area is 187 Å². The first-order chi connectivity index (χ1) is 15.3. The molecule has 4 rings (SSSR count). The number of likely N-dealkylation sites (N-methyl/N-ethyl adjacent to an activating group) is 1. The summed E-state index contributed by atoms with van der Waals surface area (Å²) >= 11 is 0. The molecule has 1 N–H and O–H groups in total. The number of aryl methyl sites for hydroxylation is 2. The van der Waals surface area contributed by atoms with Gasteiger partial charge in [-0.05, 0) is 70.6 Å². The summed E-state index contributed by atoms with van der Waals surface area (Å²) < 4.78 is 9.45. The van der Waals surface area contributed by atoms with Crippen LogP contribution in [0.2, 0.25) is 0 Å². The Kier molecular flexibility index (Phi) is 6.43. The van der Waals surface area contributed by atoms with Crippen LogP contribution < -0.4 is 10.9 Å². The van der Waals surface area contributed by atoms with Crippen LogP contribution in [0.3, 0.4) is 0 Å². The van der Waals surface area contributed by atoms with Crippen molar-refractivity contribution >= 4 is 22.6 Å². The number of carbonyl (C=O) groups is 1. The predicted octanol–water partition coefficient (Wildman–Crippen LogP) is 2.81. The first-order valence-corrected chi connectivity index (χ1v) is 11.1. The van der Waals surface area contributed by atoms with Gasteiger partial charge in [0.25, 0.3) is 11.5 Å². The highest BCUT2D eigenvalue weighted by molar-refractivity contribution is 6.05. The van der Waals surface area contributed by atoms with Crippen molar-refractivity contribution < 1.29 is 9.53 Å². The third kappa shape index (κ3) is 4.61. The third-order valence-electron chi connectivity index (χ3n) is 6.01. The SMILES string of the molecule is Cc1cc(C)n(CC2CCCO2)c(=O)c1C(=O)Nc1ccc2c(c1)ncn2CCN(C)C. The van der Waals surface area contributed by atoms with Gasteiger partial charge in [-0.15, -0.1) is 0 Å². The van der Waals surface area contributed by atoms with Crippen molar-refractivity contribution in [2.24, 2.45) is 0 Å². The summed E-state index contributed by atoms with van der Waals surface area (Å²) in [5.74, 6) is -0.403. The van der Waals surface area contributed by atoms with E-state index in [-0.39, 0.29) is 17.2 Å². The summed E-state index contributed by atoms with van der Waals surface area (Å²) in [6.45, 7) is 6.64. The van der Waals surface area contributed by atoms with Crippen LogP contribution in [0.25, 0.3) is 11.0 Å². The number of imidazole rings is 1. The molecule has 1 saturated heterocycles. The van der Waals surface area contributed by atoms with E-state index in [9.17, 15) is 9.59 Å². The first kappa shape index (κ1) is 22.2. The lowest BCUT2D eigenvalue weighted by molar-refractivity contribution is 0.0947. The van der Waals surface area contributed by atoms with Crippen molar-refractivity contribution in [2.45, 2.75) is 45.9 Å². The number of hydrogen-bond acceptors (Lipinski definition) is 5. The molecule has 0 spiro atoms. The first-order valence-electron chi connectivity index (χ1n) is 11.1. The smallest absolute Gasteiger partial charge is 0.263 e. The topological polar surface area (TPSA) is 81.4 Å². The van der Waals surface area contributed by atoms with Gasteiger partial charge in [-0.1, -0.05) is 0 Å². The largest absolute Gasteiger partial charge is 0.376 e. The van der Waals surface area contributed by atoms with Crippen molar-refractivity contribution in [2.75, 3.05) is 32.6 Å². The fraction of sp³-hybridized carbons (Fsp3) is 0.458. The van der Waals surface area contributed by atoms with E-state index in [1.165, 1.54) is 0 Å². The maximum absolute atomic E-state index is 13.2. The molecule has 0 bridgehead atoms. The van der Waals surface area contributed by atoms with Gasteiger partial charge in [0, 0.05) is 31.1 Å². The van der Waals surface area contributed by atoms with Crippen molar-refractivity contribution in [1.29, 1.82) is 0 Å².